The molecule has 0 atom stereocenters. The number of hydrogen-bond acceptors (Lipinski definition) is 7. The van der Waals surface area contributed by atoms with Crippen LogP contribution in [-0.4, -0.2) is 22.2 Å². The highest BCUT2D eigenvalue weighted by Gasteiger charge is 2.12. The molecule has 0 aliphatic carbocycles. The molecule has 6 N–H and O–H groups in total. The number of hydrogen-bond donors (Lipinski definition) is 4. The van der Waals surface area contributed by atoms with Gasteiger partial charge in [-0.05, 0) is 35.4 Å². The lowest BCUT2D eigenvalue weighted by atomic mass is 10.1. The number of halogens is 1. The number of aliphatic hydroxyl groups is 1. The third-order valence-electron chi connectivity index (χ3n) is 3.90. The lowest BCUT2D eigenvalue weighted by molar-refractivity contribution is 0.280. The maximum Gasteiger partial charge on any atom is 0.222 e. The molecule has 3 rings (SSSR count). The van der Waals surface area contributed by atoms with Crippen LogP contribution in [0.4, 0.5) is 17.5 Å². The van der Waals surface area contributed by atoms with E-state index in [0.29, 0.717) is 33.9 Å². The smallest absolute Gasteiger partial charge is 0.222 e. The molecule has 7 nitrogen and oxygen atoms in total. The van der Waals surface area contributed by atoms with Gasteiger partial charge < -0.3 is 26.6 Å². The second kappa shape index (κ2) is 7.00. The van der Waals surface area contributed by atoms with Crippen molar-refractivity contribution in [3.63, 3.8) is 0 Å². The highest BCUT2D eigenvalue weighted by atomic mass is 35.5. The number of anilines is 3. The average molecular weight is 360 g/mol. The molecule has 130 valence electrons. The van der Waals surface area contributed by atoms with Gasteiger partial charge in [0.1, 0.15) is 11.6 Å². The third kappa shape index (κ3) is 3.38. The summed E-state index contributed by atoms with van der Waals surface area (Å²) in [5.41, 5.74) is 14.5. The second-order valence-corrected chi connectivity index (χ2v) is 5.81. The summed E-state index contributed by atoms with van der Waals surface area (Å²) >= 11 is 6.46. The zero-order chi connectivity index (χ0) is 18.0. The average Bonchev–Trinajstić information content (AvgIpc) is 2.60. The van der Waals surface area contributed by atoms with Crippen LogP contribution in [0.3, 0.4) is 0 Å². The Hall–Kier alpha value is -2.77. The Kier molecular flexibility index (Phi) is 4.78. The number of nitrogens with zero attached hydrogens (tertiary/aromatic N) is 2. The van der Waals surface area contributed by atoms with Crippen molar-refractivity contribution in [3.8, 4) is 5.75 Å². The summed E-state index contributed by atoms with van der Waals surface area (Å²) in [5.74, 6) is 1.05. The zero-order valence-electron chi connectivity index (χ0n) is 13.6. The maximum absolute atomic E-state index is 9.50. The summed E-state index contributed by atoms with van der Waals surface area (Å²) in [7, 11) is 1.60. The molecular weight excluding hydrogens is 342 g/mol. The van der Waals surface area contributed by atoms with Crippen LogP contribution in [0.15, 0.2) is 30.3 Å². The minimum absolute atomic E-state index is 0.0630. The Labute approximate surface area is 149 Å². The van der Waals surface area contributed by atoms with Gasteiger partial charge >= 0.3 is 0 Å². The Balaban J connectivity index is 1.93. The van der Waals surface area contributed by atoms with E-state index in [9.17, 15) is 5.11 Å². The summed E-state index contributed by atoms with van der Waals surface area (Å²) in [4.78, 5) is 8.09. The molecule has 0 aliphatic heterocycles. The molecule has 1 aromatic heterocycles. The second-order valence-electron chi connectivity index (χ2n) is 5.43. The van der Waals surface area contributed by atoms with Gasteiger partial charge in [-0.3, -0.25) is 0 Å². The van der Waals surface area contributed by atoms with Gasteiger partial charge in [0.15, 0.2) is 0 Å². The number of aromatic nitrogens is 2. The first kappa shape index (κ1) is 17.1. The molecule has 1 heterocycles. The van der Waals surface area contributed by atoms with Crippen molar-refractivity contribution in [1.29, 1.82) is 0 Å². The van der Waals surface area contributed by atoms with E-state index in [-0.39, 0.29) is 18.4 Å². The van der Waals surface area contributed by atoms with Gasteiger partial charge in [0.25, 0.3) is 0 Å². The van der Waals surface area contributed by atoms with Crippen molar-refractivity contribution in [3.05, 3.63) is 46.5 Å². The van der Waals surface area contributed by atoms with Crippen molar-refractivity contribution in [2.75, 3.05) is 23.9 Å². The summed E-state index contributed by atoms with van der Waals surface area (Å²) in [6.45, 7) is 0.389. The number of rotatable bonds is 5. The topological polar surface area (TPSA) is 119 Å². The van der Waals surface area contributed by atoms with Gasteiger partial charge in [0.05, 0.1) is 35.3 Å². The predicted molar refractivity (Wildman–Crippen MR) is 99.6 cm³/mol. The van der Waals surface area contributed by atoms with E-state index in [2.05, 4.69) is 15.3 Å². The number of benzene rings is 2. The molecule has 25 heavy (non-hydrogen) atoms. The number of aliphatic hydroxyl groups excluding tert-OH is 1. The first-order chi connectivity index (χ1) is 12.0. The Bertz CT molecular complexity index is 933. The number of fused-ring (bicyclic) bond motifs is 1. The summed E-state index contributed by atoms with van der Waals surface area (Å²) in [6.07, 6.45) is 0. The molecule has 0 bridgehead atoms. The van der Waals surface area contributed by atoms with Crippen LogP contribution in [0, 0.1) is 0 Å². The molecule has 0 aliphatic rings. The zero-order valence-corrected chi connectivity index (χ0v) is 14.3. The lowest BCUT2D eigenvalue weighted by Crippen LogP contribution is -2.05. The molecule has 2 aromatic carbocycles. The molecule has 0 amide bonds. The van der Waals surface area contributed by atoms with Crippen LogP contribution in [0.1, 0.15) is 11.1 Å². The third-order valence-corrected chi connectivity index (χ3v) is 4.29. The highest BCUT2D eigenvalue weighted by Crippen LogP contribution is 2.34. The molecular formula is C17H18ClN5O2. The van der Waals surface area contributed by atoms with Gasteiger partial charge in [0.2, 0.25) is 5.95 Å². The fourth-order valence-corrected chi connectivity index (χ4v) is 2.93. The first-order valence-corrected chi connectivity index (χ1v) is 7.93. The van der Waals surface area contributed by atoms with E-state index in [0.717, 1.165) is 11.1 Å². The molecule has 0 radical (unpaired) electrons. The molecule has 0 fully saturated rings. The summed E-state index contributed by atoms with van der Waals surface area (Å²) in [5, 5.41) is 13.7. The SMILES string of the molecule is COc1ccc(CO)c(CNc2ccc3nc(N)nc(N)c3c2Cl)c1. The Morgan fingerprint density at radius 3 is 2.68 bits per heavy atom. The van der Waals surface area contributed by atoms with Gasteiger partial charge in [-0.25, -0.2) is 4.98 Å². The Morgan fingerprint density at radius 2 is 1.96 bits per heavy atom. The van der Waals surface area contributed by atoms with Crippen molar-refractivity contribution < 1.29 is 9.84 Å². The van der Waals surface area contributed by atoms with E-state index in [1.807, 2.05) is 12.1 Å². The van der Waals surface area contributed by atoms with Crippen LogP contribution in [0.25, 0.3) is 10.9 Å². The summed E-state index contributed by atoms with van der Waals surface area (Å²) in [6, 6.07) is 9.07. The van der Waals surface area contributed by atoms with Crippen molar-refractivity contribution in [2.24, 2.45) is 0 Å². The van der Waals surface area contributed by atoms with Crippen LogP contribution < -0.4 is 21.5 Å². The lowest BCUT2D eigenvalue weighted by Gasteiger charge is -2.14. The number of nitrogens with one attached hydrogen (secondary N) is 1. The number of methoxy groups -OCH3 is 1. The fraction of sp³-hybridized carbons (Fsp3) is 0.176. The first-order valence-electron chi connectivity index (χ1n) is 7.55. The van der Waals surface area contributed by atoms with Crippen molar-refractivity contribution in [1.82, 2.24) is 9.97 Å². The van der Waals surface area contributed by atoms with Crippen LogP contribution in [0.2, 0.25) is 5.02 Å². The van der Waals surface area contributed by atoms with E-state index in [1.54, 1.807) is 25.3 Å². The maximum atomic E-state index is 9.50. The van der Waals surface area contributed by atoms with Crippen LogP contribution in [-0.2, 0) is 13.2 Å². The quantitative estimate of drug-likeness (QED) is 0.552. The number of nitrogens with two attached hydrogens (primary N) is 2. The highest BCUT2D eigenvalue weighted by molar-refractivity contribution is 6.39. The minimum Gasteiger partial charge on any atom is -0.497 e. The predicted octanol–water partition coefficient (Wildman–Crippen LogP) is 2.56. The van der Waals surface area contributed by atoms with E-state index in [1.165, 1.54) is 0 Å². The molecule has 0 spiro atoms. The summed E-state index contributed by atoms with van der Waals surface area (Å²) < 4.78 is 5.23. The van der Waals surface area contributed by atoms with E-state index in [4.69, 9.17) is 27.8 Å². The number of nitrogen functional groups attached to an aromatic ring is 2. The van der Waals surface area contributed by atoms with Crippen LogP contribution in [0.5, 0.6) is 5.75 Å². The minimum atomic E-state index is -0.0630. The van der Waals surface area contributed by atoms with Gasteiger partial charge in [-0.15, -0.1) is 0 Å². The fourth-order valence-electron chi connectivity index (χ4n) is 2.61. The molecule has 3 aromatic rings. The van der Waals surface area contributed by atoms with E-state index < -0.39 is 0 Å². The Morgan fingerprint density at radius 1 is 1.16 bits per heavy atom. The molecule has 0 saturated heterocycles. The van der Waals surface area contributed by atoms with E-state index >= 15 is 0 Å². The standard InChI is InChI=1S/C17H18ClN5O2/c1-25-11-3-2-9(8-24)10(6-11)7-21-13-5-4-12-14(15(13)18)16(19)23-17(20)22-12/h2-6,21,24H,7-8H2,1H3,(H4,19,20,22,23). The normalized spacial score (nSPS) is 10.8. The van der Waals surface area contributed by atoms with Gasteiger partial charge in [-0.1, -0.05) is 17.7 Å². The van der Waals surface area contributed by atoms with Gasteiger partial charge in [0, 0.05) is 6.54 Å². The molecule has 0 saturated carbocycles. The monoisotopic (exact) mass is 359 g/mol. The van der Waals surface area contributed by atoms with Crippen LogP contribution >= 0.6 is 11.6 Å². The van der Waals surface area contributed by atoms with Crippen molar-refractivity contribution >= 4 is 40.0 Å². The molecule has 0 unspecified atom stereocenters. The van der Waals surface area contributed by atoms with Crippen molar-refractivity contribution in [2.45, 2.75) is 13.2 Å². The number of ether oxygens (including phenoxy) is 1. The van der Waals surface area contributed by atoms with Gasteiger partial charge in [-0.2, -0.15) is 4.98 Å². The largest absolute Gasteiger partial charge is 0.497 e. The molecule has 8 heteroatoms.